The lowest BCUT2D eigenvalue weighted by atomic mass is 10.1. The first-order valence-electron chi connectivity index (χ1n) is 10.2. The SMILES string of the molecule is C#CCOc1c(Br)cc([C@@H](C[N+](=O)[O-])Sc2nnc(C)n2-c2ccc(OC)cc2)cc1OCC. The molecule has 34 heavy (non-hydrogen) atoms. The molecule has 0 fully saturated rings. The molecule has 3 aromatic rings. The van der Waals surface area contributed by atoms with Crippen LogP contribution in [0.25, 0.3) is 5.69 Å². The summed E-state index contributed by atoms with van der Waals surface area (Å²) < 4.78 is 19.0. The van der Waals surface area contributed by atoms with Gasteiger partial charge in [0.1, 0.15) is 23.4 Å². The molecule has 2 aromatic carbocycles. The lowest BCUT2D eigenvalue weighted by molar-refractivity contribution is -0.479. The molecule has 1 aromatic heterocycles. The van der Waals surface area contributed by atoms with Gasteiger partial charge in [0.15, 0.2) is 16.7 Å². The molecule has 0 amide bonds. The zero-order chi connectivity index (χ0) is 24.7. The van der Waals surface area contributed by atoms with Crippen LogP contribution >= 0.6 is 27.7 Å². The van der Waals surface area contributed by atoms with Crippen LogP contribution < -0.4 is 14.2 Å². The number of hydrogen-bond acceptors (Lipinski definition) is 8. The summed E-state index contributed by atoms with van der Waals surface area (Å²) in [7, 11) is 1.60. The van der Waals surface area contributed by atoms with Crippen molar-refractivity contribution in [1.29, 1.82) is 0 Å². The fourth-order valence-corrected chi connectivity index (χ4v) is 4.94. The number of methoxy groups -OCH3 is 1. The molecule has 1 heterocycles. The Morgan fingerprint density at radius 2 is 2.00 bits per heavy atom. The molecular formula is C23H23BrN4O5S. The van der Waals surface area contributed by atoms with E-state index in [-0.39, 0.29) is 18.1 Å². The molecule has 0 aliphatic heterocycles. The van der Waals surface area contributed by atoms with Crippen molar-refractivity contribution >= 4 is 27.7 Å². The summed E-state index contributed by atoms with van der Waals surface area (Å²) in [5.41, 5.74) is 1.49. The third-order valence-electron chi connectivity index (χ3n) is 4.69. The number of terminal acetylenes is 1. The van der Waals surface area contributed by atoms with Gasteiger partial charge in [-0.05, 0) is 71.7 Å². The van der Waals surface area contributed by atoms with Gasteiger partial charge < -0.3 is 14.2 Å². The molecule has 0 saturated carbocycles. The maximum Gasteiger partial charge on any atom is 0.220 e. The predicted octanol–water partition coefficient (Wildman–Crippen LogP) is 4.87. The van der Waals surface area contributed by atoms with Crippen LogP contribution in [0.3, 0.4) is 0 Å². The Morgan fingerprint density at radius 3 is 2.62 bits per heavy atom. The summed E-state index contributed by atoms with van der Waals surface area (Å²) in [4.78, 5) is 11.2. The first kappa shape index (κ1) is 25.4. The number of aromatic nitrogens is 3. The zero-order valence-corrected chi connectivity index (χ0v) is 21.3. The Balaban J connectivity index is 2.01. The average Bonchev–Trinajstić information content (AvgIpc) is 3.17. The second-order valence-electron chi connectivity index (χ2n) is 6.94. The highest BCUT2D eigenvalue weighted by Crippen LogP contribution is 2.43. The number of aryl methyl sites for hydroxylation is 1. The van der Waals surface area contributed by atoms with Crippen LogP contribution in [0.2, 0.25) is 0 Å². The van der Waals surface area contributed by atoms with Crippen molar-refractivity contribution < 1.29 is 19.1 Å². The number of benzene rings is 2. The highest BCUT2D eigenvalue weighted by Gasteiger charge is 2.26. The predicted molar refractivity (Wildman–Crippen MR) is 133 cm³/mol. The van der Waals surface area contributed by atoms with Crippen LogP contribution in [-0.2, 0) is 0 Å². The van der Waals surface area contributed by atoms with E-state index in [1.165, 1.54) is 11.8 Å². The number of thioether (sulfide) groups is 1. The largest absolute Gasteiger partial charge is 0.497 e. The molecule has 178 valence electrons. The van der Waals surface area contributed by atoms with Crippen molar-refractivity contribution in [2.24, 2.45) is 0 Å². The summed E-state index contributed by atoms with van der Waals surface area (Å²) in [6, 6.07) is 10.9. The van der Waals surface area contributed by atoms with Crippen LogP contribution in [0.1, 0.15) is 23.6 Å². The van der Waals surface area contributed by atoms with Crippen molar-refractivity contribution in [3.8, 4) is 35.3 Å². The van der Waals surface area contributed by atoms with Crippen LogP contribution in [0.4, 0.5) is 0 Å². The summed E-state index contributed by atoms with van der Waals surface area (Å²) in [5.74, 6) is 4.69. The van der Waals surface area contributed by atoms with Gasteiger partial charge in [0, 0.05) is 10.6 Å². The molecule has 0 unspecified atom stereocenters. The third-order valence-corrected chi connectivity index (χ3v) is 6.46. The maximum absolute atomic E-state index is 11.6. The van der Waals surface area contributed by atoms with Crippen molar-refractivity contribution in [2.75, 3.05) is 26.9 Å². The minimum Gasteiger partial charge on any atom is -0.497 e. The van der Waals surface area contributed by atoms with Crippen LogP contribution in [0.15, 0.2) is 46.0 Å². The maximum atomic E-state index is 11.6. The lowest BCUT2D eigenvalue weighted by Crippen LogP contribution is -2.12. The number of rotatable bonds is 11. The summed E-state index contributed by atoms with van der Waals surface area (Å²) in [6.07, 6.45) is 5.32. The van der Waals surface area contributed by atoms with Gasteiger partial charge in [-0.2, -0.15) is 0 Å². The fourth-order valence-electron chi connectivity index (χ4n) is 3.21. The quantitative estimate of drug-likeness (QED) is 0.145. The molecule has 3 rings (SSSR count). The molecule has 0 N–H and O–H groups in total. The number of nitro groups is 1. The van der Waals surface area contributed by atoms with Crippen molar-refractivity contribution in [3.05, 3.63) is 62.4 Å². The van der Waals surface area contributed by atoms with E-state index in [1.54, 1.807) is 19.2 Å². The highest BCUT2D eigenvalue weighted by molar-refractivity contribution is 9.10. The van der Waals surface area contributed by atoms with Gasteiger partial charge >= 0.3 is 0 Å². The van der Waals surface area contributed by atoms with Crippen LogP contribution in [0, 0.1) is 29.4 Å². The second kappa shape index (κ2) is 11.8. The summed E-state index contributed by atoms with van der Waals surface area (Å²) >= 11 is 4.74. The van der Waals surface area contributed by atoms with Gasteiger partial charge in [-0.1, -0.05) is 17.7 Å². The molecule has 9 nitrogen and oxygen atoms in total. The molecule has 11 heteroatoms. The Labute approximate surface area is 210 Å². The molecule has 0 aliphatic carbocycles. The van der Waals surface area contributed by atoms with E-state index in [4.69, 9.17) is 20.6 Å². The average molecular weight is 547 g/mol. The first-order chi connectivity index (χ1) is 16.4. The van der Waals surface area contributed by atoms with E-state index in [2.05, 4.69) is 32.0 Å². The third kappa shape index (κ3) is 6.01. The highest BCUT2D eigenvalue weighted by atomic mass is 79.9. The minimum absolute atomic E-state index is 0.0648. The molecule has 0 radical (unpaired) electrons. The van der Waals surface area contributed by atoms with E-state index >= 15 is 0 Å². The Bertz CT molecular complexity index is 1190. The van der Waals surface area contributed by atoms with Gasteiger partial charge in [0.2, 0.25) is 6.54 Å². The zero-order valence-electron chi connectivity index (χ0n) is 18.9. The number of halogens is 1. The second-order valence-corrected chi connectivity index (χ2v) is 8.97. The van der Waals surface area contributed by atoms with Gasteiger partial charge in [-0.3, -0.25) is 14.7 Å². The summed E-state index contributed by atoms with van der Waals surface area (Å²) in [6.45, 7) is 3.79. The standard InChI is InChI=1S/C23H23BrN4O5S/c1-5-11-33-22-19(24)12-16(13-20(22)32-6-2)21(14-27(29)30)34-23-26-25-15(3)28(23)17-7-9-18(31-4)10-8-17/h1,7-10,12-13,21H,6,11,14H2,2-4H3/t21-/m1/s1. The monoisotopic (exact) mass is 546 g/mol. The number of hydrogen-bond donors (Lipinski definition) is 0. The van der Waals surface area contributed by atoms with Gasteiger partial charge in [-0.25, -0.2) is 0 Å². The first-order valence-corrected chi connectivity index (χ1v) is 11.9. The molecule has 0 saturated heterocycles. The van der Waals surface area contributed by atoms with Crippen molar-refractivity contribution in [2.45, 2.75) is 24.3 Å². The lowest BCUT2D eigenvalue weighted by Gasteiger charge is -2.18. The molecule has 0 bridgehead atoms. The van der Waals surface area contributed by atoms with Gasteiger partial charge in [0.05, 0.1) is 18.2 Å². The van der Waals surface area contributed by atoms with Gasteiger partial charge in [-0.15, -0.1) is 16.6 Å². The topological polar surface area (TPSA) is 102 Å². The van der Waals surface area contributed by atoms with Crippen molar-refractivity contribution in [1.82, 2.24) is 14.8 Å². The number of ether oxygens (including phenoxy) is 3. The molecular weight excluding hydrogens is 524 g/mol. The van der Waals surface area contributed by atoms with E-state index in [9.17, 15) is 10.1 Å². The van der Waals surface area contributed by atoms with E-state index in [1.807, 2.05) is 42.7 Å². The molecule has 1 atom stereocenters. The Hall–Kier alpha value is -3.23. The number of nitrogens with zero attached hydrogens (tertiary/aromatic N) is 4. The smallest absolute Gasteiger partial charge is 0.220 e. The van der Waals surface area contributed by atoms with E-state index in [0.29, 0.717) is 39.1 Å². The minimum atomic E-state index is -0.576. The van der Waals surface area contributed by atoms with E-state index in [0.717, 1.165) is 11.4 Å². The normalized spacial score (nSPS) is 11.5. The van der Waals surface area contributed by atoms with Crippen molar-refractivity contribution in [3.63, 3.8) is 0 Å². The molecule has 0 aliphatic rings. The van der Waals surface area contributed by atoms with Crippen LogP contribution in [-0.4, -0.2) is 46.6 Å². The fraction of sp³-hybridized carbons (Fsp3) is 0.304. The van der Waals surface area contributed by atoms with Gasteiger partial charge in [0.25, 0.3) is 0 Å². The van der Waals surface area contributed by atoms with E-state index < -0.39 is 5.25 Å². The Morgan fingerprint density at radius 1 is 1.26 bits per heavy atom. The summed E-state index contributed by atoms with van der Waals surface area (Å²) in [5, 5.41) is 20.0. The molecule has 0 spiro atoms. The van der Waals surface area contributed by atoms with Crippen LogP contribution in [0.5, 0.6) is 17.2 Å². The Kier molecular flexibility index (Phi) is 8.79.